The average Bonchev–Trinajstić information content (AvgIpc) is 3.28. The van der Waals surface area contributed by atoms with E-state index in [0.29, 0.717) is 32.4 Å². The summed E-state index contributed by atoms with van der Waals surface area (Å²) in [6.07, 6.45) is 4.39. The number of likely N-dealkylation sites (N-methyl/N-ethyl adjacent to an activating group) is 1. The van der Waals surface area contributed by atoms with Gasteiger partial charge in [-0.3, -0.25) is 13.9 Å². The number of benzene rings is 3. The molecule has 8 heteroatoms. The van der Waals surface area contributed by atoms with E-state index in [1.54, 1.807) is 11.9 Å². The molecule has 1 saturated carbocycles. The van der Waals surface area contributed by atoms with Crippen LogP contribution in [-0.2, 0) is 38.0 Å². The molecule has 1 fully saturated rings. The summed E-state index contributed by atoms with van der Waals surface area (Å²) in [5, 5.41) is 3.10. The maximum absolute atomic E-state index is 13.6. The molecule has 1 aliphatic carbocycles. The Labute approximate surface area is 237 Å². The summed E-state index contributed by atoms with van der Waals surface area (Å²) in [5.74, 6) is -0.457. The molecule has 5 rings (SSSR count). The number of hydrogen-bond donors (Lipinski definition) is 1. The summed E-state index contributed by atoms with van der Waals surface area (Å²) in [7, 11) is -1.62. The fourth-order valence-electron chi connectivity index (χ4n) is 6.28. The first-order chi connectivity index (χ1) is 19.2. The second-order valence-electron chi connectivity index (χ2n) is 11.3. The summed E-state index contributed by atoms with van der Waals surface area (Å²) < 4.78 is 26.6. The van der Waals surface area contributed by atoms with Crippen molar-refractivity contribution in [3.05, 3.63) is 102 Å². The number of amides is 2. The fraction of sp³-hybridized carbons (Fsp3) is 0.375. The highest BCUT2D eigenvalue weighted by Gasteiger charge is 2.48. The van der Waals surface area contributed by atoms with E-state index in [9.17, 15) is 18.0 Å². The van der Waals surface area contributed by atoms with Crippen LogP contribution in [0.1, 0.15) is 42.4 Å². The highest BCUT2D eigenvalue weighted by Crippen LogP contribution is 2.50. The quantitative estimate of drug-likeness (QED) is 0.446. The van der Waals surface area contributed by atoms with Gasteiger partial charge in [0.2, 0.25) is 21.8 Å². The third kappa shape index (κ3) is 5.92. The average molecular weight is 560 g/mol. The SMILES string of the molecule is CN(Cc1ccccc1)C(=O)[C@H](Cc1ccccc1)NC(=O)[C@H]1CC[C@]2(CC1)CN(S(C)(=O)=O)c1ccccc12. The van der Waals surface area contributed by atoms with Gasteiger partial charge >= 0.3 is 0 Å². The Bertz CT molecular complexity index is 1450. The van der Waals surface area contributed by atoms with Crippen LogP contribution in [0, 0.1) is 5.92 Å². The smallest absolute Gasteiger partial charge is 0.245 e. The molecule has 1 spiro atoms. The van der Waals surface area contributed by atoms with Gasteiger partial charge in [-0.05, 0) is 48.4 Å². The Hall–Kier alpha value is -3.65. The Kier molecular flexibility index (Phi) is 7.99. The molecule has 7 nitrogen and oxygen atoms in total. The molecule has 40 heavy (non-hydrogen) atoms. The monoisotopic (exact) mass is 559 g/mol. The molecule has 3 aromatic carbocycles. The summed E-state index contributed by atoms with van der Waals surface area (Å²) >= 11 is 0. The van der Waals surface area contributed by atoms with E-state index in [2.05, 4.69) is 5.32 Å². The number of anilines is 1. The second kappa shape index (κ2) is 11.5. The van der Waals surface area contributed by atoms with Gasteiger partial charge in [0.25, 0.3) is 0 Å². The van der Waals surface area contributed by atoms with Crippen molar-refractivity contribution in [3.8, 4) is 0 Å². The van der Waals surface area contributed by atoms with E-state index in [-0.39, 0.29) is 23.1 Å². The second-order valence-corrected chi connectivity index (χ2v) is 13.2. The number of hydrogen-bond acceptors (Lipinski definition) is 4. The lowest BCUT2D eigenvalue weighted by Crippen LogP contribution is -2.51. The highest BCUT2D eigenvalue weighted by molar-refractivity contribution is 7.92. The topological polar surface area (TPSA) is 86.8 Å². The van der Waals surface area contributed by atoms with E-state index < -0.39 is 16.1 Å². The first-order valence-corrected chi connectivity index (χ1v) is 15.7. The number of carbonyl (C=O) groups excluding carboxylic acids is 2. The van der Waals surface area contributed by atoms with Crippen LogP contribution < -0.4 is 9.62 Å². The zero-order chi connectivity index (χ0) is 28.3. The Balaban J connectivity index is 1.28. The number of nitrogens with one attached hydrogen (secondary N) is 1. The minimum atomic E-state index is -3.40. The molecule has 1 aliphatic heterocycles. The van der Waals surface area contributed by atoms with Crippen molar-refractivity contribution < 1.29 is 18.0 Å². The maximum Gasteiger partial charge on any atom is 0.245 e. The largest absolute Gasteiger partial charge is 0.344 e. The molecule has 1 atom stereocenters. The van der Waals surface area contributed by atoms with Gasteiger partial charge in [0, 0.05) is 37.9 Å². The first-order valence-electron chi connectivity index (χ1n) is 13.9. The van der Waals surface area contributed by atoms with Crippen molar-refractivity contribution in [2.24, 2.45) is 5.92 Å². The molecular formula is C32H37N3O4S. The van der Waals surface area contributed by atoms with E-state index in [4.69, 9.17) is 0 Å². The van der Waals surface area contributed by atoms with Gasteiger partial charge in [0.1, 0.15) is 6.04 Å². The van der Waals surface area contributed by atoms with Crippen LogP contribution in [0.15, 0.2) is 84.9 Å². The highest BCUT2D eigenvalue weighted by atomic mass is 32.2. The molecule has 0 bridgehead atoms. The molecule has 1 heterocycles. The lowest BCUT2D eigenvalue weighted by Gasteiger charge is -2.37. The van der Waals surface area contributed by atoms with E-state index in [1.807, 2.05) is 84.9 Å². The van der Waals surface area contributed by atoms with Crippen LogP contribution in [0.4, 0.5) is 5.69 Å². The third-order valence-electron chi connectivity index (χ3n) is 8.44. The summed E-state index contributed by atoms with van der Waals surface area (Å²) in [4.78, 5) is 28.8. The van der Waals surface area contributed by atoms with Crippen molar-refractivity contribution in [3.63, 3.8) is 0 Å². The molecule has 3 aromatic rings. The van der Waals surface area contributed by atoms with E-state index in [0.717, 1.165) is 35.2 Å². The number of carbonyl (C=O) groups is 2. The van der Waals surface area contributed by atoms with Crippen LogP contribution in [0.5, 0.6) is 0 Å². The van der Waals surface area contributed by atoms with Gasteiger partial charge in [0.15, 0.2) is 0 Å². The third-order valence-corrected chi connectivity index (χ3v) is 9.57. The van der Waals surface area contributed by atoms with Crippen LogP contribution in [0.2, 0.25) is 0 Å². The fourth-order valence-corrected chi connectivity index (χ4v) is 7.28. The van der Waals surface area contributed by atoms with E-state index in [1.165, 1.54) is 10.6 Å². The molecular weight excluding hydrogens is 522 g/mol. The van der Waals surface area contributed by atoms with Gasteiger partial charge in [-0.25, -0.2) is 8.42 Å². The number of nitrogens with zero attached hydrogens (tertiary/aromatic N) is 2. The van der Waals surface area contributed by atoms with Gasteiger partial charge in [-0.15, -0.1) is 0 Å². The zero-order valence-corrected chi connectivity index (χ0v) is 23.9. The van der Waals surface area contributed by atoms with Crippen LogP contribution in [-0.4, -0.2) is 51.0 Å². The summed E-state index contributed by atoms with van der Waals surface area (Å²) in [6.45, 7) is 0.877. The van der Waals surface area contributed by atoms with E-state index >= 15 is 0 Å². The van der Waals surface area contributed by atoms with Crippen molar-refractivity contribution in [2.75, 3.05) is 24.2 Å². The number of rotatable bonds is 8. The predicted octanol–water partition coefficient (Wildman–Crippen LogP) is 4.28. The van der Waals surface area contributed by atoms with Crippen LogP contribution in [0.25, 0.3) is 0 Å². The van der Waals surface area contributed by atoms with Gasteiger partial charge in [0.05, 0.1) is 11.9 Å². The van der Waals surface area contributed by atoms with Gasteiger partial charge in [-0.1, -0.05) is 78.9 Å². The predicted molar refractivity (Wildman–Crippen MR) is 157 cm³/mol. The molecule has 0 radical (unpaired) electrons. The van der Waals surface area contributed by atoms with Crippen LogP contribution >= 0.6 is 0 Å². The Morgan fingerprint density at radius 2 is 1.50 bits per heavy atom. The Morgan fingerprint density at radius 3 is 2.12 bits per heavy atom. The summed E-state index contributed by atoms with van der Waals surface area (Å²) in [6, 6.07) is 26.6. The van der Waals surface area contributed by atoms with Crippen molar-refractivity contribution in [2.45, 2.75) is 50.1 Å². The number of sulfonamides is 1. The van der Waals surface area contributed by atoms with Crippen molar-refractivity contribution >= 4 is 27.5 Å². The van der Waals surface area contributed by atoms with Crippen molar-refractivity contribution in [1.29, 1.82) is 0 Å². The lowest BCUT2D eigenvalue weighted by atomic mass is 9.67. The summed E-state index contributed by atoms with van der Waals surface area (Å²) in [5.41, 5.74) is 3.54. The standard InChI is InChI=1S/C32H37N3O4S/c1-34(22-25-13-7-4-8-14-25)31(37)28(21-24-11-5-3-6-12-24)33-30(36)26-17-19-32(20-18-26)23-35(40(2,38)39)29-16-10-9-15-27(29)32/h3-16,26,28H,17-23H2,1-2H3,(H,33,36)/t26-,28-,32-/m0/s1. The molecule has 0 aromatic heterocycles. The Morgan fingerprint density at radius 1 is 0.925 bits per heavy atom. The van der Waals surface area contributed by atoms with Crippen LogP contribution in [0.3, 0.4) is 0 Å². The number of fused-ring (bicyclic) bond motifs is 2. The molecule has 0 unspecified atom stereocenters. The molecule has 2 aliphatic rings. The van der Waals surface area contributed by atoms with Gasteiger partial charge in [-0.2, -0.15) is 0 Å². The minimum absolute atomic E-state index is 0.108. The molecule has 210 valence electrons. The molecule has 2 amide bonds. The normalized spacial score (nSPS) is 21.1. The first kappa shape index (κ1) is 27.9. The van der Waals surface area contributed by atoms with Crippen molar-refractivity contribution in [1.82, 2.24) is 10.2 Å². The minimum Gasteiger partial charge on any atom is -0.344 e. The lowest BCUT2D eigenvalue weighted by molar-refractivity contribution is -0.137. The molecule has 1 N–H and O–H groups in total. The van der Waals surface area contributed by atoms with Gasteiger partial charge < -0.3 is 10.2 Å². The molecule has 0 saturated heterocycles. The zero-order valence-electron chi connectivity index (χ0n) is 23.1. The number of para-hydroxylation sites is 1. The maximum atomic E-state index is 13.6.